The minimum absolute atomic E-state index is 0.0169. The molecule has 1 atom stereocenters. The van der Waals surface area contributed by atoms with Gasteiger partial charge in [-0.3, -0.25) is 4.79 Å². The molecule has 0 spiro atoms. The molecule has 1 unspecified atom stereocenters. The summed E-state index contributed by atoms with van der Waals surface area (Å²) in [6.45, 7) is 3.59. The predicted molar refractivity (Wildman–Crippen MR) is 52.0 cm³/mol. The third-order valence-electron chi connectivity index (χ3n) is 2.16. The Morgan fingerprint density at radius 2 is 2.36 bits per heavy atom. The SMILES string of the molecule is CC(C)(N)C(CC(=O)O)c1ccco1. The van der Waals surface area contributed by atoms with Crippen LogP contribution in [0.4, 0.5) is 0 Å². The van der Waals surface area contributed by atoms with E-state index in [1.54, 1.807) is 26.0 Å². The quantitative estimate of drug-likeness (QED) is 0.768. The van der Waals surface area contributed by atoms with E-state index in [9.17, 15) is 4.79 Å². The lowest BCUT2D eigenvalue weighted by atomic mass is 9.84. The smallest absolute Gasteiger partial charge is 0.304 e. The molecule has 4 heteroatoms. The van der Waals surface area contributed by atoms with Crippen molar-refractivity contribution in [2.45, 2.75) is 31.7 Å². The van der Waals surface area contributed by atoms with Crippen molar-refractivity contribution < 1.29 is 14.3 Å². The molecule has 1 aromatic rings. The molecular formula is C10H15NO3. The van der Waals surface area contributed by atoms with Gasteiger partial charge in [-0.05, 0) is 26.0 Å². The van der Waals surface area contributed by atoms with Gasteiger partial charge in [0.15, 0.2) is 0 Å². The number of furan rings is 1. The van der Waals surface area contributed by atoms with Gasteiger partial charge in [-0.25, -0.2) is 0 Å². The van der Waals surface area contributed by atoms with Crippen molar-refractivity contribution in [1.29, 1.82) is 0 Å². The molecule has 0 aliphatic heterocycles. The number of aliphatic carboxylic acids is 1. The van der Waals surface area contributed by atoms with E-state index in [0.717, 1.165) is 0 Å². The lowest BCUT2D eigenvalue weighted by Crippen LogP contribution is -2.40. The van der Waals surface area contributed by atoms with Crippen LogP contribution in [-0.4, -0.2) is 16.6 Å². The maximum Gasteiger partial charge on any atom is 0.304 e. The molecule has 0 amide bonds. The summed E-state index contributed by atoms with van der Waals surface area (Å²) in [7, 11) is 0. The molecule has 0 aliphatic carbocycles. The fourth-order valence-corrected chi connectivity index (χ4v) is 1.39. The van der Waals surface area contributed by atoms with Crippen molar-refractivity contribution in [3.05, 3.63) is 24.2 Å². The third-order valence-corrected chi connectivity index (χ3v) is 2.16. The summed E-state index contributed by atoms with van der Waals surface area (Å²) >= 11 is 0. The molecule has 0 fully saturated rings. The van der Waals surface area contributed by atoms with Gasteiger partial charge in [0.2, 0.25) is 0 Å². The first-order valence-electron chi connectivity index (χ1n) is 4.45. The standard InChI is InChI=1S/C10H15NO3/c1-10(2,11)7(6-9(12)13)8-4-3-5-14-8/h3-5,7H,6,11H2,1-2H3,(H,12,13). The topological polar surface area (TPSA) is 76.5 Å². The van der Waals surface area contributed by atoms with Crippen molar-refractivity contribution in [3.63, 3.8) is 0 Å². The summed E-state index contributed by atoms with van der Waals surface area (Å²) in [4.78, 5) is 10.7. The number of nitrogens with two attached hydrogens (primary N) is 1. The van der Waals surface area contributed by atoms with Crippen LogP contribution in [0.15, 0.2) is 22.8 Å². The van der Waals surface area contributed by atoms with Crippen molar-refractivity contribution in [2.24, 2.45) is 5.73 Å². The Balaban J connectivity index is 2.89. The van der Waals surface area contributed by atoms with Crippen LogP contribution in [0.2, 0.25) is 0 Å². The molecule has 0 saturated heterocycles. The minimum Gasteiger partial charge on any atom is -0.481 e. The van der Waals surface area contributed by atoms with Gasteiger partial charge in [-0.2, -0.15) is 0 Å². The Labute approximate surface area is 82.7 Å². The predicted octanol–water partition coefficient (Wildman–Crippen LogP) is 1.58. The molecule has 1 heterocycles. The first-order chi connectivity index (χ1) is 6.41. The molecule has 4 nitrogen and oxygen atoms in total. The fraction of sp³-hybridized carbons (Fsp3) is 0.500. The highest BCUT2D eigenvalue weighted by Crippen LogP contribution is 2.29. The highest BCUT2D eigenvalue weighted by molar-refractivity contribution is 5.68. The van der Waals surface area contributed by atoms with Crippen molar-refractivity contribution in [2.75, 3.05) is 0 Å². The van der Waals surface area contributed by atoms with Gasteiger partial charge in [0.05, 0.1) is 12.7 Å². The summed E-state index contributed by atoms with van der Waals surface area (Å²) < 4.78 is 5.18. The van der Waals surface area contributed by atoms with Gasteiger partial charge >= 0.3 is 5.97 Å². The van der Waals surface area contributed by atoms with Crippen LogP contribution < -0.4 is 5.73 Å². The number of hydrogen-bond acceptors (Lipinski definition) is 3. The zero-order valence-electron chi connectivity index (χ0n) is 8.36. The van der Waals surface area contributed by atoms with Crippen molar-refractivity contribution >= 4 is 5.97 Å². The number of carbonyl (C=O) groups is 1. The van der Waals surface area contributed by atoms with Crippen LogP contribution in [0.25, 0.3) is 0 Å². The van der Waals surface area contributed by atoms with Gasteiger partial charge in [-0.1, -0.05) is 0 Å². The number of rotatable bonds is 4. The Morgan fingerprint density at radius 1 is 1.71 bits per heavy atom. The molecular weight excluding hydrogens is 182 g/mol. The highest BCUT2D eigenvalue weighted by atomic mass is 16.4. The Kier molecular flexibility index (Phi) is 2.96. The van der Waals surface area contributed by atoms with Gasteiger partial charge in [0.1, 0.15) is 5.76 Å². The van der Waals surface area contributed by atoms with Crippen LogP contribution in [0.5, 0.6) is 0 Å². The van der Waals surface area contributed by atoms with Crippen molar-refractivity contribution in [3.8, 4) is 0 Å². The Morgan fingerprint density at radius 3 is 2.71 bits per heavy atom. The molecule has 0 aromatic carbocycles. The van der Waals surface area contributed by atoms with Crippen LogP contribution >= 0.6 is 0 Å². The summed E-state index contributed by atoms with van der Waals surface area (Å²) in [5, 5.41) is 8.75. The van der Waals surface area contributed by atoms with Gasteiger partial charge in [0.25, 0.3) is 0 Å². The maximum atomic E-state index is 10.7. The Bertz CT molecular complexity index is 298. The monoisotopic (exact) mass is 197 g/mol. The lowest BCUT2D eigenvalue weighted by Gasteiger charge is -2.27. The molecule has 0 bridgehead atoms. The van der Waals surface area contributed by atoms with Crippen LogP contribution in [0.1, 0.15) is 31.9 Å². The summed E-state index contributed by atoms with van der Waals surface area (Å²) in [6, 6.07) is 3.48. The Hall–Kier alpha value is -1.29. The zero-order valence-corrected chi connectivity index (χ0v) is 8.36. The van der Waals surface area contributed by atoms with Crippen LogP contribution in [0.3, 0.4) is 0 Å². The average molecular weight is 197 g/mol. The molecule has 1 rings (SSSR count). The summed E-state index contributed by atoms with van der Waals surface area (Å²) in [6.07, 6.45) is 1.51. The van der Waals surface area contributed by atoms with E-state index < -0.39 is 11.5 Å². The molecule has 14 heavy (non-hydrogen) atoms. The summed E-state index contributed by atoms with van der Waals surface area (Å²) in [5.74, 6) is -0.542. The van der Waals surface area contributed by atoms with Gasteiger partial charge in [-0.15, -0.1) is 0 Å². The van der Waals surface area contributed by atoms with Crippen molar-refractivity contribution in [1.82, 2.24) is 0 Å². The third kappa shape index (κ3) is 2.60. The number of hydrogen-bond donors (Lipinski definition) is 2. The molecule has 1 aromatic heterocycles. The van der Waals surface area contributed by atoms with Gasteiger partial charge < -0.3 is 15.3 Å². The maximum absolute atomic E-state index is 10.7. The van der Waals surface area contributed by atoms with Gasteiger partial charge in [0, 0.05) is 11.5 Å². The molecule has 0 aliphatic rings. The first kappa shape index (κ1) is 10.8. The van der Waals surface area contributed by atoms with E-state index in [4.69, 9.17) is 15.3 Å². The highest BCUT2D eigenvalue weighted by Gasteiger charge is 2.30. The molecule has 0 radical (unpaired) electrons. The fourth-order valence-electron chi connectivity index (χ4n) is 1.39. The lowest BCUT2D eigenvalue weighted by molar-refractivity contribution is -0.137. The molecule has 3 N–H and O–H groups in total. The van der Waals surface area contributed by atoms with E-state index in [0.29, 0.717) is 5.76 Å². The molecule has 0 saturated carbocycles. The van der Waals surface area contributed by atoms with E-state index in [1.165, 1.54) is 6.26 Å². The molecule has 78 valence electrons. The van der Waals surface area contributed by atoms with E-state index >= 15 is 0 Å². The second-order valence-corrected chi connectivity index (χ2v) is 3.99. The summed E-state index contributed by atoms with van der Waals surface area (Å²) in [5.41, 5.74) is 5.29. The largest absolute Gasteiger partial charge is 0.481 e. The van der Waals surface area contributed by atoms with E-state index in [-0.39, 0.29) is 12.3 Å². The first-order valence-corrected chi connectivity index (χ1v) is 4.45. The second-order valence-electron chi connectivity index (χ2n) is 3.99. The van der Waals surface area contributed by atoms with E-state index in [2.05, 4.69) is 0 Å². The number of carboxylic acid groups (broad SMARTS) is 1. The minimum atomic E-state index is -0.870. The zero-order chi connectivity index (χ0) is 10.8. The second kappa shape index (κ2) is 3.84. The van der Waals surface area contributed by atoms with Crippen LogP contribution in [-0.2, 0) is 4.79 Å². The number of carboxylic acids is 1. The van der Waals surface area contributed by atoms with Crippen LogP contribution in [0, 0.1) is 0 Å². The average Bonchev–Trinajstić information content (AvgIpc) is 2.49. The van der Waals surface area contributed by atoms with E-state index in [1.807, 2.05) is 0 Å². The normalized spacial score (nSPS) is 13.9.